The van der Waals surface area contributed by atoms with Gasteiger partial charge in [0.25, 0.3) is 11.8 Å². The predicted molar refractivity (Wildman–Crippen MR) is 116 cm³/mol. The molecule has 0 saturated carbocycles. The van der Waals surface area contributed by atoms with Gasteiger partial charge < -0.3 is 26.8 Å². The number of aromatic nitrogens is 1. The number of carboxylic acids is 1. The number of anilines is 1. The van der Waals surface area contributed by atoms with Gasteiger partial charge in [-0.2, -0.15) is 0 Å². The topological polar surface area (TPSA) is 222 Å². The lowest BCUT2D eigenvalue weighted by atomic mass is 10.0. The van der Waals surface area contributed by atoms with Crippen LogP contribution in [-0.4, -0.2) is 68.1 Å². The highest BCUT2D eigenvalue weighted by molar-refractivity contribution is 8.00. The molecule has 1 aromatic heterocycles. The maximum absolute atomic E-state index is 12.8. The molecule has 1 fully saturated rings. The minimum Gasteiger partial charge on any atom is -0.479 e. The normalized spacial score (nSPS) is 20.6. The van der Waals surface area contributed by atoms with Crippen molar-refractivity contribution in [2.45, 2.75) is 11.4 Å². The first kappa shape index (κ1) is 22.9. The Kier molecular flexibility index (Phi) is 6.84. The van der Waals surface area contributed by atoms with Crippen LogP contribution in [0.15, 0.2) is 44.8 Å². The number of amides is 2. The van der Waals surface area contributed by atoms with E-state index in [1.807, 2.05) is 0 Å². The second-order valence-electron chi connectivity index (χ2n) is 6.18. The van der Waals surface area contributed by atoms with Crippen molar-refractivity contribution in [3.05, 3.63) is 35.0 Å². The molecule has 168 valence electrons. The molecule has 3 heterocycles. The van der Waals surface area contributed by atoms with Gasteiger partial charge in [0.05, 0.1) is 5.70 Å². The fourth-order valence-electron chi connectivity index (χ4n) is 2.89. The van der Waals surface area contributed by atoms with E-state index < -0.39 is 35.8 Å². The van der Waals surface area contributed by atoms with Crippen LogP contribution in [0.5, 0.6) is 0 Å². The van der Waals surface area contributed by atoms with Crippen molar-refractivity contribution in [1.82, 2.24) is 15.2 Å². The highest BCUT2D eigenvalue weighted by Gasteiger charge is 2.53. The second-order valence-corrected chi connectivity index (χ2v) is 8.18. The molecule has 2 aliphatic heterocycles. The van der Waals surface area contributed by atoms with Crippen molar-refractivity contribution >= 4 is 57.6 Å². The first-order valence-corrected chi connectivity index (χ1v) is 10.6. The number of aliphatic carboxylic acids is 1. The number of allylic oxidation sites excluding steroid dienone is 1. The zero-order chi connectivity index (χ0) is 23.4. The third-order valence-electron chi connectivity index (χ3n) is 4.24. The molecule has 1 aromatic rings. The Morgan fingerprint density at radius 2 is 2.28 bits per heavy atom. The molecule has 7 N–H and O–H groups in total. The SMILES string of the molecule is C=CC1=C(C(=N)N=NN)N2C(=O)[C@@H](NC(=O)/C(=N\OCC(=O)O)c3csc(N)n3)[C@H]2SC1. The van der Waals surface area contributed by atoms with Crippen LogP contribution in [0.25, 0.3) is 0 Å². The number of nitrogens with one attached hydrogen (secondary N) is 2. The van der Waals surface area contributed by atoms with Crippen LogP contribution in [0.1, 0.15) is 5.69 Å². The summed E-state index contributed by atoms with van der Waals surface area (Å²) in [6.45, 7) is 2.91. The molecule has 2 aliphatic rings. The van der Waals surface area contributed by atoms with Gasteiger partial charge in [0.2, 0.25) is 6.61 Å². The Labute approximate surface area is 188 Å². The van der Waals surface area contributed by atoms with Gasteiger partial charge in [-0.05, 0) is 5.57 Å². The van der Waals surface area contributed by atoms with E-state index in [1.54, 1.807) is 0 Å². The quantitative estimate of drug-likeness (QED) is 0.0821. The average molecular weight is 480 g/mol. The summed E-state index contributed by atoms with van der Waals surface area (Å²) in [7, 11) is 0. The first-order chi connectivity index (χ1) is 15.3. The van der Waals surface area contributed by atoms with Crippen LogP contribution in [0.4, 0.5) is 5.13 Å². The monoisotopic (exact) mass is 479 g/mol. The summed E-state index contributed by atoms with van der Waals surface area (Å²) in [5.74, 6) is 2.53. The number of rotatable bonds is 8. The van der Waals surface area contributed by atoms with E-state index in [-0.39, 0.29) is 28.1 Å². The molecule has 3 rings (SSSR count). The standard InChI is InChI=1S/C16H17N9O5S2/c1-2-6-4-31-15-10(14(29)25(15)11(6)12(17)22-24-19)21-13(28)9(23-30-3-8(26)27)7-5-32-16(18)20-7/h2,5,10,15H,1,3-4H2,(H2,18,20)(H,21,28)(H,26,27)(H3,17,19,22)/b23-9-/t10-,15-/m1/s1. The van der Waals surface area contributed by atoms with Gasteiger partial charge in [0, 0.05) is 11.1 Å². The molecular formula is C16H17N9O5S2. The van der Waals surface area contributed by atoms with E-state index in [2.05, 4.69) is 37.2 Å². The summed E-state index contributed by atoms with van der Waals surface area (Å²) < 4.78 is 0. The number of carboxylic acid groups (broad SMARTS) is 1. The van der Waals surface area contributed by atoms with Crippen LogP contribution < -0.4 is 16.9 Å². The number of fused-ring (bicyclic) bond motifs is 1. The number of thioether (sulfide) groups is 1. The number of nitrogens with two attached hydrogens (primary N) is 2. The molecule has 0 unspecified atom stereocenters. The Balaban J connectivity index is 1.81. The van der Waals surface area contributed by atoms with Gasteiger partial charge in [0.15, 0.2) is 16.7 Å². The highest BCUT2D eigenvalue weighted by atomic mass is 32.2. The van der Waals surface area contributed by atoms with E-state index in [0.29, 0.717) is 11.3 Å². The Hall–Kier alpha value is -3.79. The van der Waals surface area contributed by atoms with Gasteiger partial charge in [-0.15, -0.1) is 28.2 Å². The summed E-state index contributed by atoms with van der Waals surface area (Å²) in [6, 6.07) is -0.947. The summed E-state index contributed by atoms with van der Waals surface area (Å²) in [6.07, 6.45) is 1.51. The van der Waals surface area contributed by atoms with E-state index in [0.717, 1.165) is 11.3 Å². The van der Waals surface area contributed by atoms with Crippen molar-refractivity contribution in [3.8, 4) is 0 Å². The molecule has 0 aliphatic carbocycles. The molecule has 1 saturated heterocycles. The Bertz CT molecular complexity index is 1080. The van der Waals surface area contributed by atoms with Crippen LogP contribution in [0, 0.1) is 5.41 Å². The zero-order valence-electron chi connectivity index (χ0n) is 16.2. The number of hydrogen-bond donors (Lipinski definition) is 5. The minimum atomic E-state index is -1.29. The maximum atomic E-state index is 12.8. The van der Waals surface area contributed by atoms with E-state index in [1.165, 1.54) is 28.1 Å². The molecule has 32 heavy (non-hydrogen) atoms. The second kappa shape index (κ2) is 9.56. The van der Waals surface area contributed by atoms with Gasteiger partial charge in [-0.25, -0.2) is 9.78 Å². The number of β-lactam (4-membered cyclic amide) rings is 1. The van der Waals surface area contributed by atoms with Crippen molar-refractivity contribution < 1.29 is 24.3 Å². The van der Waals surface area contributed by atoms with Gasteiger partial charge >= 0.3 is 5.97 Å². The molecule has 0 spiro atoms. The molecule has 2 amide bonds. The molecule has 0 bridgehead atoms. The largest absolute Gasteiger partial charge is 0.479 e. The summed E-state index contributed by atoms with van der Waals surface area (Å²) in [4.78, 5) is 46.3. The van der Waals surface area contributed by atoms with Gasteiger partial charge in [-0.3, -0.25) is 19.9 Å². The molecular weight excluding hydrogens is 462 g/mol. The lowest BCUT2D eigenvalue weighted by Crippen LogP contribution is -2.71. The third kappa shape index (κ3) is 4.45. The molecule has 0 radical (unpaired) electrons. The highest BCUT2D eigenvalue weighted by Crippen LogP contribution is 2.41. The van der Waals surface area contributed by atoms with Crippen LogP contribution >= 0.6 is 23.1 Å². The van der Waals surface area contributed by atoms with Crippen molar-refractivity contribution in [2.75, 3.05) is 18.1 Å². The Morgan fingerprint density at radius 1 is 1.53 bits per heavy atom. The smallest absolute Gasteiger partial charge is 0.344 e. The minimum absolute atomic E-state index is 0.0648. The van der Waals surface area contributed by atoms with Crippen LogP contribution in [0.3, 0.4) is 0 Å². The predicted octanol–water partition coefficient (Wildman–Crippen LogP) is -0.326. The number of thiazole rings is 1. The number of hydrogen-bond acceptors (Lipinski definition) is 11. The number of carbonyl (C=O) groups excluding carboxylic acids is 2. The number of nitrogens with zero attached hydrogens (tertiary/aromatic N) is 5. The molecule has 14 nitrogen and oxygen atoms in total. The van der Waals surface area contributed by atoms with E-state index in [9.17, 15) is 14.4 Å². The van der Waals surface area contributed by atoms with Crippen LogP contribution in [-0.2, 0) is 19.2 Å². The number of amidine groups is 1. The number of oxime groups is 1. The third-order valence-corrected chi connectivity index (χ3v) is 6.21. The number of carbonyl (C=O) groups is 3. The molecule has 0 aromatic carbocycles. The number of nitrogen functional groups attached to an aromatic ring is 1. The van der Waals surface area contributed by atoms with Crippen molar-refractivity contribution in [1.29, 1.82) is 5.41 Å². The average Bonchev–Trinajstić information content (AvgIpc) is 3.19. The Morgan fingerprint density at radius 3 is 2.88 bits per heavy atom. The fourth-order valence-corrected chi connectivity index (χ4v) is 4.78. The lowest BCUT2D eigenvalue weighted by molar-refractivity contribution is -0.144. The summed E-state index contributed by atoms with van der Waals surface area (Å²) in [5, 5.41) is 30.5. The van der Waals surface area contributed by atoms with Crippen LogP contribution in [0.2, 0.25) is 0 Å². The van der Waals surface area contributed by atoms with Gasteiger partial charge in [0.1, 0.15) is 17.1 Å². The fraction of sp³-hybridized carbons (Fsp3) is 0.250. The molecule has 16 heteroatoms. The van der Waals surface area contributed by atoms with Crippen molar-refractivity contribution in [3.63, 3.8) is 0 Å². The van der Waals surface area contributed by atoms with E-state index in [4.69, 9.17) is 22.1 Å². The first-order valence-electron chi connectivity index (χ1n) is 8.72. The molecule has 2 atom stereocenters. The summed E-state index contributed by atoms with van der Waals surface area (Å²) >= 11 is 2.39. The van der Waals surface area contributed by atoms with E-state index >= 15 is 0 Å². The van der Waals surface area contributed by atoms with Crippen molar-refractivity contribution in [2.24, 2.45) is 21.3 Å². The maximum Gasteiger partial charge on any atom is 0.344 e. The lowest BCUT2D eigenvalue weighted by Gasteiger charge is -2.49. The zero-order valence-corrected chi connectivity index (χ0v) is 17.9. The van der Waals surface area contributed by atoms with Gasteiger partial charge in [-0.1, -0.05) is 23.0 Å². The summed E-state index contributed by atoms with van der Waals surface area (Å²) in [5.41, 5.74) is 6.14.